The third-order valence-corrected chi connectivity index (χ3v) is 5.76. The molecule has 0 bridgehead atoms. The summed E-state index contributed by atoms with van der Waals surface area (Å²) in [6.07, 6.45) is 3.72. The molecule has 2 amide bonds. The fourth-order valence-electron chi connectivity index (χ4n) is 3.87. The molecule has 0 saturated heterocycles. The van der Waals surface area contributed by atoms with Crippen molar-refractivity contribution in [2.75, 3.05) is 16.5 Å². The van der Waals surface area contributed by atoms with Crippen LogP contribution in [0.5, 0.6) is 5.75 Å². The van der Waals surface area contributed by atoms with Crippen molar-refractivity contribution in [2.24, 2.45) is 0 Å². The minimum absolute atomic E-state index is 0.0535. The van der Waals surface area contributed by atoms with Gasteiger partial charge in [0.1, 0.15) is 11.4 Å². The van der Waals surface area contributed by atoms with Crippen molar-refractivity contribution in [3.63, 3.8) is 0 Å². The molecule has 0 fully saturated rings. The number of fused-ring (bicyclic) bond motifs is 2. The van der Waals surface area contributed by atoms with Crippen molar-refractivity contribution in [1.82, 2.24) is 4.98 Å². The van der Waals surface area contributed by atoms with E-state index in [9.17, 15) is 14.7 Å². The van der Waals surface area contributed by atoms with E-state index in [1.165, 1.54) is 6.07 Å². The van der Waals surface area contributed by atoms with Crippen molar-refractivity contribution in [2.45, 2.75) is 6.42 Å². The number of phenolic OH excluding ortho intramolecular Hbond substituents is 1. The summed E-state index contributed by atoms with van der Waals surface area (Å²) in [5, 5.41) is 16.3. The molecule has 2 heterocycles. The van der Waals surface area contributed by atoms with Crippen LogP contribution < -0.4 is 10.6 Å². The summed E-state index contributed by atoms with van der Waals surface area (Å²) in [4.78, 5) is 28.6. The molecule has 8 heteroatoms. The Labute approximate surface area is 199 Å². The molecule has 2 aliphatic rings. The van der Waals surface area contributed by atoms with Crippen molar-refractivity contribution in [3.8, 4) is 16.9 Å². The Morgan fingerprint density at radius 3 is 2.62 bits per heavy atom. The molecule has 7 nitrogen and oxygen atoms in total. The molecule has 3 aromatic rings. The lowest BCUT2D eigenvalue weighted by Crippen LogP contribution is -2.13. The summed E-state index contributed by atoms with van der Waals surface area (Å²) in [5.41, 5.74) is 5.35. The van der Waals surface area contributed by atoms with E-state index in [0.717, 1.165) is 27.6 Å². The van der Waals surface area contributed by atoms with Gasteiger partial charge < -0.3 is 25.1 Å². The van der Waals surface area contributed by atoms with E-state index in [0.29, 0.717) is 34.9 Å². The number of alkyl halides is 1. The molecule has 0 unspecified atom stereocenters. The highest BCUT2D eigenvalue weighted by atomic mass is 35.5. The van der Waals surface area contributed by atoms with Crippen LogP contribution in [0.2, 0.25) is 0 Å². The smallest absolute Gasteiger partial charge is 0.272 e. The zero-order valence-corrected chi connectivity index (χ0v) is 18.6. The number of halogens is 1. The fourth-order valence-corrected chi connectivity index (χ4v) is 4.08. The number of carbonyl (C=O) groups excluding carboxylic acids is 2. The second-order valence-corrected chi connectivity index (χ2v) is 8.26. The average molecular weight is 474 g/mol. The molecular formula is C26H20ClN3O4. The molecule has 0 radical (unpaired) electrons. The summed E-state index contributed by atoms with van der Waals surface area (Å²) >= 11 is 5.85. The minimum Gasteiger partial charge on any atom is -0.508 e. The highest BCUT2D eigenvalue weighted by Gasteiger charge is 2.15. The first kappa shape index (κ1) is 21.6. The largest absolute Gasteiger partial charge is 0.508 e. The summed E-state index contributed by atoms with van der Waals surface area (Å²) < 4.78 is 5.15. The third kappa shape index (κ3) is 4.33. The Kier molecular flexibility index (Phi) is 5.69. The number of aromatic hydroxyl groups is 1. The number of aromatic nitrogens is 1. The number of hydrogen-bond acceptors (Lipinski definition) is 4. The van der Waals surface area contributed by atoms with Crippen molar-refractivity contribution in [3.05, 3.63) is 90.0 Å². The molecular weight excluding hydrogens is 454 g/mol. The van der Waals surface area contributed by atoms with Gasteiger partial charge in [0.15, 0.2) is 0 Å². The van der Waals surface area contributed by atoms with E-state index in [1.807, 2.05) is 0 Å². The number of phenols is 1. The lowest BCUT2D eigenvalue weighted by molar-refractivity contribution is 0.101. The molecule has 1 aliphatic carbocycles. The third-order valence-electron chi connectivity index (χ3n) is 5.57. The van der Waals surface area contributed by atoms with Crippen molar-refractivity contribution >= 4 is 45.7 Å². The van der Waals surface area contributed by atoms with E-state index in [4.69, 9.17) is 16.0 Å². The quantitative estimate of drug-likeness (QED) is 0.232. The molecule has 2 aromatic carbocycles. The summed E-state index contributed by atoms with van der Waals surface area (Å²) in [7, 11) is 0. The predicted octanol–water partition coefficient (Wildman–Crippen LogP) is 5.86. The van der Waals surface area contributed by atoms with Crippen molar-refractivity contribution in [1.29, 1.82) is 0 Å². The van der Waals surface area contributed by atoms with Crippen LogP contribution in [0.4, 0.5) is 11.4 Å². The molecule has 1 aliphatic heterocycles. The van der Waals surface area contributed by atoms with E-state index in [-0.39, 0.29) is 17.6 Å². The van der Waals surface area contributed by atoms with Gasteiger partial charge in [-0.2, -0.15) is 0 Å². The van der Waals surface area contributed by atoms with Gasteiger partial charge in [0.25, 0.3) is 11.8 Å². The number of anilines is 2. The Bertz CT molecular complexity index is 1460. The van der Waals surface area contributed by atoms with E-state index >= 15 is 0 Å². The molecule has 4 N–H and O–H groups in total. The predicted molar refractivity (Wildman–Crippen MR) is 132 cm³/mol. The number of aromatic amines is 1. The number of benzene rings is 2. The first-order chi connectivity index (χ1) is 16.5. The number of hydrogen-bond donors (Lipinski definition) is 4. The zero-order valence-electron chi connectivity index (χ0n) is 17.9. The molecule has 0 saturated carbocycles. The maximum Gasteiger partial charge on any atom is 0.272 e. The number of carbonyl (C=O) groups is 2. The van der Waals surface area contributed by atoms with E-state index in [1.54, 1.807) is 67.1 Å². The number of amides is 2. The maximum atomic E-state index is 12.9. The standard InChI is InChI=1S/C26H20ClN3O4/c27-7-5-15-1-3-21(31)13-23(15)30-26(33)24-12-17-11-20(2-4-22(17)29-24)28-25(32)18-9-16-6-8-34-14-19(16)10-18/h1-4,6,8-14,29,31H,5,7H2,(H,28,32)(H,30,33). The zero-order chi connectivity index (χ0) is 23.7. The molecule has 170 valence electrons. The van der Waals surface area contributed by atoms with Gasteiger partial charge in [-0.25, -0.2) is 0 Å². The normalized spacial score (nSPS) is 11.1. The van der Waals surface area contributed by atoms with Gasteiger partial charge in [-0.1, -0.05) is 6.07 Å². The molecule has 34 heavy (non-hydrogen) atoms. The number of H-pyrrole nitrogens is 1. The first-order valence-corrected chi connectivity index (χ1v) is 11.1. The number of aryl methyl sites for hydroxylation is 1. The fraction of sp³-hybridized carbons (Fsp3) is 0.0769. The summed E-state index contributed by atoms with van der Waals surface area (Å²) in [6.45, 7) is 0. The van der Waals surface area contributed by atoms with Gasteiger partial charge >= 0.3 is 0 Å². The number of nitrogens with one attached hydrogen (secondary N) is 3. The van der Waals surface area contributed by atoms with Gasteiger partial charge in [-0.3, -0.25) is 9.59 Å². The van der Waals surface area contributed by atoms with E-state index < -0.39 is 0 Å². The highest BCUT2D eigenvalue weighted by Crippen LogP contribution is 2.27. The Balaban J connectivity index is 1.35. The maximum absolute atomic E-state index is 12.9. The molecule has 0 spiro atoms. The van der Waals surface area contributed by atoms with Gasteiger partial charge in [0.05, 0.1) is 12.5 Å². The van der Waals surface area contributed by atoms with Gasteiger partial charge in [-0.05, 0) is 66.1 Å². The number of rotatable bonds is 6. The second kappa shape index (κ2) is 8.96. The lowest BCUT2D eigenvalue weighted by atomic mass is 10.1. The monoisotopic (exact) mass is 473 g/mol. The minimum atomic E-state index is -0.350. The van der Waals surface area contributed by atoms with Crippen LogP contribution >= 0.6 is 11.6 Å². The van der Waals surface area contributed by atoms with Gasteiger partial charge in [-0.15, -0.1) is 11.6 Å². The molecule has 5 rings (SSSR count). The van der Waals surface area contributed by atoms with Crippen molar-refractivity contribution < 1.29 is 19.1 Å². The van der Waals surface area contributed by atoms with Crippen LogP contribution in [-0.4, -0.2) is 27.8 Å². The highest BCUT2D eigenvalue weighted by molar-refractivity contribution is 6.18. The van der Waals surface area contributed by atoms with Crippen LogP contribution in [0.25, 0.3) is 22.0 Å². The first-order valence-electron chi connectivity index (χ1n) is 10.6. The summed E-state index contributed by atoms with van der Waals surface area (Å²) in [5.74, 6) is -0.139. The molecule has 1 aromatic heterocycles. The topological polar surface area (TPSA) is 107 Å². The van der Waals surface area contributed by atoms with Crippen LogP contribution in [0.15, 0.2) is 77.6 Å². The Hall–Kier alpha value is -4.23. The van der Waals surface area contributed by atoms with Crippen LogP contribution in [-0.2, 0) is 6.42 Å². The van der Waals surface area contributed by atoms with Gasteiger partial charge in [0, 0.05) is 45.4 Å². The van der Waals surface area contributed by atoms with Crippen LogP contribution in [0.1, 0.15) is 26.4 Å². The Morgan fingerprint density at radius 2 is 1.79 bits per heavy atom. The van der Waals surface area contributed by atoms with Crippen LogP contribution in [0, 0.1) is 0 Å². The second-order valence-electron chi connectivity index (χ2n) is 7.89. The van der Waals surface area contributed by atoms with E-state index in [2.05, 4.69) is 15.6 Å². The van der Waals surface area contributed by atoms with Crippen LogP contribution in [0.3, 0.4) is 0 Å². The SMILES string of the molecule is O=C(Nc1ccc2[nH]c(C(=O)Nc3cc(O)ccc3CCCl)cc2c1)c1cc2ccocc-2c1. The van der Waals surface area contributed by atoms with Gasteiger partial charge in [0.2, 0.25) is 0 Å². The summed E-state index contributed by atoms with van der Waals surface area (Å²) in [6, 6.07) is 17.2. The Morgan fingerprint density at radius 1 is 0.941 bits per heavy atom. The molecule has 0 atom stereocenters. The lowest BCUT2D eigenvalue weighted by Gasteiger charge is -2.10. The average Bonchev–Trinajstić information content (AvgIpc) is 3.45.